The third kappa shape index (κ3) is 5.89. The Hall–Kier alpha value is -0.460. The van der Waals surface area contributed by atoms with Gasteiger partial charge in [0.05, 0.1) is 19.8 Å². The highest BCUT2D eigenvalue weighted by atomic mass is 16.6. The molecule has 0 aromatic carbocycles. The predicted molar refractivity (Wildman–Crippen MR) is 76.5 cm³/mol. The quantitative estimate of drug-likeness (QED) is 0.413. The van der Waals surface area contributed by atoms with Crippen molar-refractivity contribution >= 4 is 0 Å². The molecule has 1 aliphatic rings. The second-order valence-electron chi connectivity index (χ2n) is 5.20. The number of ether oxygens (including phenoxy) is 2. The zero-order chi connectivity index (χ0) is 14.8. The molecule has 0 unspecified atom stereocenters. The number of aliphatic hydroxyl groups excluding tert-OH is 3. The topological polar surface area (TPSA) is 79.2 Å². The maximum atomic E-state index is 9.70. The largest absolute Gasteiger partial charge is 0.394 e. The molecule has 0 aromatic heterocycles. The first-order chi connectivity index (χ1) is 9.70. The highest BCUT2D eigenvalue weighted by Crippen LogP contribution is 2.19. The van der Waals surface area contributed by atoms with Crippen molar-refractivity contribution in [3.63, 3.8) is 0 Å². The van der Waals surface area contributed by atoms with Crippen molar-refractivity contribution in [1.29, 1.82) is 0 Å². The van der Waals surface area contributed by atoms with Gasteiger partial charge in [0, 0.05) is 0 Å². The molecule has 0 amide bonds. The third-order valence-electron chi connectivity index (χ3n) is 3.49. The molecule has 3 N–H and O–H groups in total. The summed E-state index contributed by atoms with van der Waals surface area (Å²) in [5.41, 5.74) is 0. The summed E-state index contributed by atoms with van der Waals surface area (Å²) >= 11 is 0. The maximum absolute atomic E-state index is 9.70. The molecule has 118 valence electrons. The summed E-state index contributed by atoms with van der Waals surface area (Å²) in [5, 5.41) is 28.4. The van der Waals surface area contributed by atoms with E-state index in [2.05, 4.69) is 19.1 Å². The average Bonchev–Trinajstić information content (AvgIpc) is 2.78. The van der Waals surface area contributed by atoms with Crippen LogP contribution < -0.4 is 0 Å². The van der Waals surface area contributed by atoms with Crippen LogP contribution in [-0.4, -0.2) is 59.6 Å². The van der Waals surface area contributed by atoms with Gasteiger partial charge in [0.25, 0.3) is 0 Å². The average molecular weight is 288 g/mol. The molecule has 0 radical (unpaired) electrons. The molecule has 0 aromatic rings. The van der Waals surface area contributed by atoms with Crippen LogP contribution >= 0.6 is 0 Å². The summed E-state index contributed by atoms with van der Waals surface area (Å²) in [4.78, 5) is 0. The fraction of sp³-hybridized carbons (Fsp3) is 0.867. The second-order valence-corrected chi connectivity index (χ2v) is 5.20. The summed E-state index contributed by atoms with van der Waals surface area (Å²) in [6, 6.07) is 0. The SMILES string of the molecule is CCCCC/C=C/CCO[C@H](CO)[C@H]1OC[C@H](O)[C@H]1O. The van der Waals surface area contributed by atoms with Gasteiger partial charge in [-0.15, -0.1) is 0 Å². The molecule has 4 atom stereocenters. The van der Waals surface area contributed by atoms with Crippen molar-refractivity contribution in [2.45, 2.75) is 63.4 Å². The molecule has 1 fully saturated rings. The van der Waals surface area contributed by atoms with Crippen LogP contribution in [0.2, 0.25) is 0 Å². The van der Waals surface area contributed by atoms with Crippen LogP contribution in [0.5, 0.6) is 0 Å². The Morgan fingerprint density at radius 2 is 2.00 bits per heavy atom. The Morgan fingerprint density at radius 1 is 1.25 bits per heavy atom. The zero-order valence-corrected chi connectivity index (χ0v) is 12.3. The van der Waals surface area contributed by atoms with E-state index in [0.717, 1.165) is 12.8 Å². The van der Waals surface area contributed by atoms with E-state index in [-0.39, 0.29) is 13.2 Å². The van der Waals surface area contributed by atoms with Gasteiger partial charge >= 0.3 is 0 Å². The number of unbranched alkanes of at least 4 members (excludes halogenated alkanes) is 3. The minimum Gasteiger partial charge on any atom is -0.394 e. The van der Waals surface area contributed by atoms with Crippen LogP contribution in [0.15, 0.2) is 12.2 Å². The third-order valence-corrected chi connectivity index (χ3v) is 3.49. The van der Waals surface area contributed by atoms with E-state index in [1.807, 2.05) is 0 Å². The Bertz CT molecular complexity index is 269. The lowest BCUT2D eigenvalue weighted by Gasteiger charge is -2.24. The van der Waals surface area contributed by atoms with E-state index >= 15 is 0 Å². The van der Waals surface area contributed by atoms with Crippen molar-refractivity contribution in [2.75, 3.05) is 19.8 Å². The molecule has 0 aliphatic carbocycles. The molecule has 5 nitrogen and oxygen atoms in total. The smallest absolute Gasteiger partial charge is 0.114 e. The lowest BCUT2D eigenvalue weighted by molar-refractivity contribution is -0.0996. The van der Waals surface area contributed by atoms with Crippen molar-refractivity contribution in [3.05, 3.63) is 12.2 Å². The first-order valence-corrected chi connectivity index (χ1v) is 7.55. The van der Waals surface area contributed by atoms with Crippen molar-refractivity contribution in [2.24, 2.45) is 0 Å². The standard InChI is InChI=1S/C15H28O5/c1-2-3-4-5-6-7-8-9-19-13(10-16)15-14(18)12(17)11-20-15/h6-7,12-18H,2-5,8-11H2,1H3/b7-6+/t12-,13+,14+,15+/m0/s1. The van der Waals surface area contributed by atoms with Crippen LogP contribution in [0.3, 0.4) is 0 Å². The Balaban J connectivity index is 2.15. The maximum Gasteiger partial charge on any atom is 0.114 e. The number of allylic oxidation sites excluding steroid dienone is 1. The Labute approximate surface area is 121 Å². The second kappa shape index (κ2) is 10.3. The van der Waals surface area contributed by atoms with Crippen molar-refractivity contribution in [3.8, 4) is 0 Å². The normalized spacial score (nSPS) is 28.3. The van der Waals surface area contributed by atoms with E-state index in [4.69, 9.17) is 9.47 Å². The predicted octanol–water partition coefficient (Wildman–Crippen LogP) is 1.01. The molecule has 0 saturated carbocycles. The molecule has 0 spiro atoms. The Kier molecular flexibility index (Phi) is 9.05. The molecular weight excluding hydrogens is 260 g/mol. The highest BCUT2D eigenvalue weighted by molar-refractivity contribution is 4.89. The van der Waals surface area contributed by atoms with Crippen molar-refractivity contribution < 1.29 is 24.8 Å². The van der Waals surface area contributed by atoms with Crippen molar-refractivity contribution in [1.82, 2.24) is 0 Å². The summed E-state index contributed by atoms with van der Waals surface area (Å²) in [7, 11) is 0. The first kappa shape index (κ1) is 17.6. The summed E-state index contributed by atoms with van der Waals surface area (Å²) < 4.78 is 10.8. The molecule has 5 heteroatoms. The van der Waals surface area contributed by atoms with Gasteiger partial charge in [-0.2, -0.15) is 0 Å². The van der Waals surface area contributed by atoms with Gasteiger partial charge < -0.3 is 24.8 Å². The minimum atomic E-state index is -0.989. The van der Waals surface area contributed by atoms with Crippen LogP contribution in [0.25, 0.3) is 0 Å². The Morgan fingerprint density at radius 3 is 2.60 bits per heavy atom. The monoisotopic (exact) mass is 288 g/mol. The number of hydrogen-bond acceptors (Lipinski definition) is 5. The fourth-order valence-electron chi connectivity index (χ4n) is 2.24. The van der Waals surface area contributed by atoms with Crippen LogP contribution in [0.1, 0.15) is 39.0 Å². The van der Waals surface area contributed by atoms with Gasteiger partial charge in [0.15, 0.2) is 0 Å². The first-order valence-electron chi connectivity index (χ1n) is 7.55. The van der Waals surface area contributed by atoms with Crippen LogP contribution in [0, 0.1) is 0 Å². The van der Waals surface area contributed by atoms with E-state index < -0.39 is 24.4 Å². The minimum absolute atomic E-state index is 0.0863. The van der Waals surface area contributed by atoms with E-state index in [1.54, 1.807) is 0 Å². The molecule has 0 bridgehead atoms. The molecule has 1 aliphatic heterocycles. The van der Waals surface area contributed by atoms with E-state index in [1.165, 1.54) is 19.3 Å². The van der Waals surface area contributed by atoms with Gasteiger partial charge in [-0.25, -0.2) is 0 Å². The fourth-order valence-corrected chi connectivity index (χ4v) is 2.24. The lowest BCUT2D eigenvalue weighted by Crippen LogP contribution is -2.42. The summed E-state index contributed by atoms with van der Waals surface area (Å²) in [6.45, 7) is 2.51. The number of aliphatic hydroxyl groups is 3. The highest BCUT2D eigenvalue weighted by Gasteiger charge is 2.40. The molecule has 1 rings (SSSR count). The lowest BCUT2D eigenvalue weighted by atomic mass is 10.1. The zero-order valence-electron chi connectivity index (χ0n) is 12.3. The van der Waals surface area contributed by atoms with Gasteiger partial charge in [-0.05, 0) is 19.3 Å². The molecule has 1 heterocycles. The van der Waals surface area contributed by atoms with E-state index in [9.17, 15) is 15.3 Å². The molecule has 1 saturated heterocycles. The van der Waals surface area contributed by atoms with Gasteiger partial charge in [-0.3, -0.25) is 0 Å². The summed E-state index contributed by atoms with van der Waals surface area (Å²) in [6.07, 6.45) is 6.67. The van der Waals surface area contributed by atoms with Gasteiger partial charge in [0.1, 0.15) is 24.4 Å². The van der Waals surface area contributed by atoms with Gasteiger partial charge in [-0.1, -0.05) is 31.9 Å². The van der Waals surface area contributed by atoms with Crippen LogP contribution in [0.4, 0.5) is 0 Å². The molecular formula is C15H28O5. The van der Waals surface area contributed by atoms with Gasteiger partial charge in [0.2, 0.25) is 0 Å². The number of hydrogen-bond donors (Lipinski definition) is 3. The van der Waals surface area contributed by atoms with Crippen LogP contribution in [-0.2, 0) is 9.47 Å². The number of rotatable bonds is 10. The van der Waals surface area contributed by atoms with E-state index in [0.29, 0.717) is 6.61 Å². The molecule has 20 heavy (non-hydrogen) atoms. The summed E-state index contributed by atoms with van der Waals surface area (Å²) in [5.74, 6) is 0.